The van der Waals surface area contributed by atoms with Crippen LogP contribution in [0.25, 0.3) is 0 Å². The Labute approximate surface area is 178 Å². The molecule has 8 nitrogen and oxygen atoms in total. The highest BCUT2D eigenvalue weighted by Crippen LogP contribution is 2.48. The topological polar surface area (TPSA) is 79.7 Å². The maximum atomic E-state index is 13.5. The maximum absolute atomic E-state index is 13.5. The van der Waals surface area contributed by atoms with Gasteiger partial charge < -0.3 is 19.5 Å². The molecule has 1 saturated carbocycles. The molecule has 4 rings (SSSR count). The van der Waals surface area contributed by atoms with E-state index in [1.54, 1.807) is 17.1 Å². The molecular weight excluding hydrogens is 382 g/mol. The van der Waals surface area contributed by atoms with Gasteiger partial charge in [0.1, 0.15) is 5.69 Å². The number of morpholine rings is 1. The number of nitrogens with one attached hydrogen (secondary N) is 1. The lowest BCUT2D eigenvalue weighted by atomic mass is 9.60. The first-order valence-electron chi connectivity index (χ1n) is 11.3. The number of likely N-dealkylation sites (tertiary alicyclic amines) is 1. The van der Waals surface area contributed by atoms with E-state index in [2.05, 4.69) is 15.2 Å². The highest BCUT2D eigenvalue weighted by atomic mass is 16.5. The van der Waals surface area contributed by atoms with Crippen molar-refractivity contribution in [1.29, 1.82) is 0 Å². The van der Waals surface area contributed by atoms with Crippen LogP contribution in [0.4, 0.5) is 0 Å². The number of nitrogens with zero attached hydrogens (tertiary/aromatic N) is 4. The van der Waals surface area contributed by atoms with Crippen LogP contribution < -0.4 is 5.32 Å². The molecule has 1 N–H and O–H groups in total. The third kappa shape index (κ3) is 4.12. The second kappa shape index (κ2) is 8.67. The molecule has 0 radical (unpaired) electrons. The van der Waals surface area contributed by atoms with Crippen LogP contribution in [0.2, 0.25) is 0 Å². The average molecular weight is 418 g/mol. The lowest BCUT2D eigenvalue weighted by molar-refractivity contribution is -0.144. The van der Waals surface area contributed by atoms with Gasteiger partial charge in [0.15, 0.2) is 0 Å². The van der Waals surface area contributed by atoms with E-state index in [9.17, 15) is 9.59 Å². The van der Waals surface area contributed by atoms with Crippen molar-refractivity contribution < 1.29 is 14.3 Å². The van der Waals surface area contributed by atoms with Crippen molar-refractivity contribution in [2.75, 3.05) is 39.4 Å². The van der Waals surface area contributed by atoms with Crippen molar-refractivity contribution in [3.05, 3.63) is 18.2 Å². The number of amides is 2. The van der Waals surface area contributed by atoms with Crippen LogP contribution in [0.3, 0.4) is 0 Å². The minimum absolute atomic E-state index is 0.0684. The molecule has 0 aromatic carbocycles. The monoisotopic (exact) mass is 417 g/mol. The van der Waals surface area contributed by atoms with E-state index in [1.807, 2.05) is 25.8 Å². The Morgan fingerprint density at radius 3 is 2.67 bits per heavy atom. The lowest BCUT2D eigenvalue weighted by Gasteiger charge is -2.53. The first-order chi connectivity index (χ1) is 14.4. The number of imidazole rings is 1. The predicted octanol–water partition coefficient (Wildman–Crippen LogP) is 1.28. The minimum atomic E-state index is -0.504. The number of carbonyl (C=O) groups is 2. The first kappa shape index (κ1) is 21.3. The number of hydrogen-bond donors (Lipinski definition) is 1. The molecule has 8 heteroatoms. The molecule has 166 valence electrons. The van der Waals surface area contributed by atoms with E-state index < -0.39 is 5.41 Å². The maximum Gasteiger partial charge on any atom is 0.274 e. The molecule has 2 saturated heterocycles. The van der Waals surface area contributed by atoms with Gasteiger partial charge in [-0.25, -0.2) is 4.98 Å². The number of ether oxygens (including phenoxy) is 1. The lowest BCUT2D eigenvalue weighted by Crippen LogP contribution is -2.62. The fourth-order valence-corrected chi connectivity index (χ4v) is 5.54. The van der Waals surface area contributed by atoms with Gasteiger partial charge in [-0.1, -0.05) is 0 Å². The molecule has 2 aliphatic heterocycles. The van der Waals surface area contributed by atoms with Crippen LogP contribution in [0.1, 0.15) is 50.0 Å². The van der Waals surface area contributed by atoms with E-state index in [-0.39, 0.29) is 17.9 Å². The molecule has 2 amide bonds. The zero-order valence-electron chi connectivity index (χ0n) is 18.5. The van der Waals surface area contributed by atoms with Gasteiger partial charge in [0.2, 0.25) is 5.91 Å². The fourth-order valence-electron chi connectivity index (χ4n) is 5.54. The van der Waals surface area contributed by atoms with Gasteiger partial charge in [0.05, 0.1) is 25.0 Å². The zero-order valence-corrected chi connectivity index (χ0v) is 18.5. The number of aromatic nitrogens is 2. The van der Waals surface area contributed by atoms with E-state index >= 15 is 0 Å². The first-order valence-corrected chi connectivity index (χ1v) is 11.3. The smallest absolute Gasteiger partial charge is 0.274 e. The summed E-state index contributed by atoms with van der Waals surface area (Å²) in [6.07, 6.45) is 7.11. The Balaban J connectivity index is 1.54. The number of rotatable bonds is 4. The standard InChI is InChI=1S/C22H35N5O3/c1-16(2)24-21(29)22-6-4-18(26-8-10-30-11-9-26)12-17(22)5-7-27(14-22)20(28)19-13-25(3)15-23-19/h13,15-18H,4-12,14H2,1-3H3,(H,24,29)/t17-,18-,22-/m1/s1. The molecule has 1 aromatic rings. The summed E-state index contributed by atoms with van der Waals surface area (Å²) >= 11 is 0. The van der Waals surface area contributed by atoms with Crippen molar-refractivity contribution in [3.8, 4) is 0 Å². The Hall–Kier alpha value is -1.93. The number of fused-ring (bicyclic) bond motifs is 1. The third-order valence-corrected chi connectivity index (χ3v) is 7.13. The van der Waals surface area contributed by atoms with Gasteiger partial charge in [-0.3, -0.25) is 14.5 Å². The van der Waals surface area contributed by atoms with Gasteiger partial charge >= 0.3 is 0 Å². The fraction of sp³-hybridized carbons (Fsp3) is 0.773. The highest BCUT2D eigenvalue weighted by molar-refractivity contribution is 5.93. The Bertz CT molecular complexity index is 773. The van der Waals surface area contributed by atoms with Crippen LogP contribution in [-0.4, -0.2) is 82.6 Å². The molecule has 1 aliphatic carbocycles. The summed E-state index contributed by atoms with van der Waals surface area (Å²) in [5.41, 5.74) is -0.0483. The summed E-state index contributed by atoms with van der Waals surface area (Å²) in [5.74, 6) is 0.341. The average Bonchev–Trinajstić information content (AvgIpc) is 3.18. The van der Waals surface area contributed by atoms with Crippen molar-refractivity contribution in [3.63, 3.8) is 0 Å². The summed E-state index contributed by atoms with van der Waals surface area (Å²) in [6.45, 7) is 8.73. The van der Waals surface area contributed by atoms with Crippen LogP contribution in [-0.2, 0) is 16.6 Å². The van der Waals surface area contributed by atoms with Gasteiger partial charge in [0, 0.05) is 51.5 Å². The molecule has 0 bridgehead atoms. The van der Waals surface area contributed by atoms with Crippen molar-refractivity contribution >= 4 is 11.8 Å². The van der Waals surface area contributed by atoms with Gasteiger partial charge in [0.25, 0.3) is 5.91 Å². The molecule has 3 atom stereocenters. The van der Waals surface area contributed by atoms with E-state index in [0.29, 0.717) is 30.7 Å². The van der Waals surface area contributed by atoms with Crippen LogP contribution in [0, 0.1) is 11.3 Å². The van der Waals surface area contributed by atoms with Crippen molar-refractivity contribution in [2.45, 2.75) is 51.6 Å². The van der Waals surface area contributed by atoms with Crippen LogP contribution in [0.5, 0.6) is 0 Å². The Morgan fingerprint density at radius 2 is 2.00 bits per heavy atom. The zero-order chi connectivity index (χ0) is 21.3. The Morgan fingerprint density at radius 1 is 1.23 bits per heavy atom. The molecule has 3 heterocycles. The number of piperidine rings is 1. The van der Waals surface area contributed by atoms with E-state index in [4.69, 9.17) is 4.74 Å². The normalized spacial score (nSPS) is 30.2. The van der Waals surface area contributed by atoms with Gasteiger partial charge in [-0.15, -0.1) is 0 Å². The van der Waals surface area contributed by atoms with Crippen molar-refractivity contribution in [2.24, 2.45) is 18.4 Å². The quantitative estimate of drug-likeness (QED) is 0.798. The molecule has 0 unspecified atom stereocenters. The summed E-state index contributed by atoms with van der Waals surface area (Å²) in [4.78, 5) is 35.2. The molecule has 1 aromatic heterocycles. The van der Waals surface area contributed by atoms with Crippen LogP contribution >= 0.6 is 0 Å². The number of carbonyl (C=O) groups excluding carboxylic acids is 2. The Kier molecular flexibility index (Phi) is 6.16. The third-order valence-electron chi connectivity index (χ3n) is 7.13. The SMILES string of the molecule is CC(C)NC(=O)[C@@]12CC[C@@H](N3CCOCC3)C[C@H]1CCN(C(=O)c1cn(C)cn1)C2. The van der Waals surface area contributed by atoms with Gasteiger partial charge in [-0.05, 0) is 45.4 Å². The number of aryl methyl sites for hydroxylation is 1. The summed E-state index contributed by atoms with van der Waals surface area (Å²) < 4.78 is 7.31. The van der Waals surface area contributed by atoms with Crippen LogP contribution in [0.15, 0.2) is 12.5 Å². The molecule has 3 fully saturated rings. The largest absolute Gasteiger partial charge is 0.379 e. The molecule has 0 spiro atoms. The summed E-state index contributed by atoms with van der Waals surface area (Å²) in [6, 6.07) is 0.600. The molecule has 30 heavy (non-hydrogen) atoms. The van der Waals surface area contributed by atoms with Gasteiger partial charge in [-0.2, -0.15) is 0 Å². The number of hydrogen-bond acceptors (Lipinski definition) is 5. The predicted molar refractivity (Wildman–Crippen MR) is 113 cm³/mol. The van der Waals surface area contributed by atoms with E-state index in [0.717, 1.165) is 52.0 Å². The molecule has 3 aliphatic rings. The second-order valence-corrected chi connectivity index (χ2v) is 9.50. The summed E-state index contributed by atoms with van der Waals surface area (Å²) in [7, 11) is 1.86. The van der Waals surface area contributed by atoms with Crippen molar-refractivity contribution in [1.82, 2.24) is 24.7 Å². The summed E-state index contributed by atoms with van der Waals surface area (Å²) in [5, 5.41) is 3.17. The van der Waals surface area contributed by atoms with E-state index in [1.165, 1.54) is 0 Å². The molecular formula is C22H35N5O3. The highest BCUT2D eigenvalue weighted by Gasteiger charge is 2.53. The second-order valence-electron chi connectivity index (χ2n) is 9.50. The minimum Gasteiger partial charge on any atom is -0.379 e.